The van der Waals surface area contributed by atoms with E-state index in [0.717, 1.165) is 18.0 Å². The zero-order valence-corrected chi connectivity index (χ0v) is 16.9. The van der Waals surface area contributed by atoms with Gasteiger partial charge in [0.25, 0.3) is 5.56 Å². The second kappa shape index (κ2) is 6.68. The molecule has 12 heteroatoms. The Bertz CT molecular complexity index is 1340. The van der Waals surface area contributed by atoms with Crippen LogP contribution in [0.1, 0.15) is 5.69 Å². The SMILES string of the molecule is BC(B)(B)Nc1ccc2c(c1)c(=O)n(C)c1cc(-c3ccnc(C(F)(F)F)c3)nn21. The summed E-state index contributed by atoms with van der Waals surface area (Å²) in [4.78, 5) is 16.3. The first-order chi connectivity index (χ1) is 13.9. The van der Waals surface area contributed by atoms with Crippen molar-refractivity contribution < 1.29 is 13.2 Å². The molecular weight excluding hydrogens is 392 g/mol. The van der Waals surface area contributed by atoms with Gasteiger partial charge in [0.2, 0.25) is 0 Å². The lowest BCUT2D eigenvalue weighted by Crippen LogP contribution is -2.39. The monoisotopic (exact) mass is 409 g/mol. The molecule has 1 N–H and O–H groups in total. The van der Waals surface area contributed by atoms with Crippen molar-refractivity contribution in [1.29, 1.82) is 0 Å². The lowest BCUT2D eigenvalue weighted by atomic mass is 9.49. The number of benzene rings is 1. The molecule has 0 atom stereocenters. The molecule has 3 aromatic heterocycles. The van der Waals surface area contributed by atoms with E-state index in [4.69, 9.17) is 0 Å². The molecule has 0 aliphatic rings. The van der Waals surface area contributed by atoms with Crippen molar-refractivity contribution in [3.63, 3.8) is 0 Å². The Morgan fingerprint density at radius 2 is 1.80 bits per heavy atom. The molecule has 4 rings (SSSR count). The number of fused-ring (bicyclic) bond motifs is 3. The Kier molecular flexibility index (Phi) is 4.48. The fourth-order valence-electron chi connectivity index (χ4n) is 3.36. The van der Waals surface area contributed by atoms with Crippen LogP contribution < -0.4 is 10.9 Å². The minimum absolute atomic E-state index is 0.181. The molecule has 0 saturated carbocycles. The predicted molar refractivity (Wildman–Crippen MR) is 118 cm³/mol. The summed E-state index contributed by atoms with van der Waals surface area (Å²) < 4.78 is 42.1. The van der Waals surface area contributed by atoms with Crippen molar-refractivity contribution in [2.45, 2.75) is 11.4 Å². The third-order valence-electron chi connectivity index (χ3n) is 4.66. The molecule has 3 heterocycles. The number of anilines is 1. The van der Waals surface area contributed by atoms with E-state index < -0.39 is 11.9 Å². The van der Waals surface area contributed by atoms with Crippen molar-refractivity contribution in [3.05, 3.63) is 58.6 Å². The lowest BCUT2D eigenvalue weighted by Gasteiger charge is -2.22. The average Bonchev–Trinajstić information content (AvgIpc) is 3.10. The van der Waals surface area contributed by atoms with Gasteiger partial charge >= 0.3 is 6.18 Å². The van der Waals surface area contributed by atoms with Gasteiger partial charge in [-0.05, 0) is 35.6 Å². The number of hydrogen-bond donors (Lipinski definition) is 1. The van der Waals surface area contributed by atoms with Crippen LogP contribution in [-0.2, 0) is 13.2 Å². The summed E-state index contributed by atoms with van der Waals surface area (Å²) in [5, 5.41) is 8.09. The topological polar surface area (TPSA) is 64.2 Å². The number of nitrogens with one attached hydrogen (secondary N) is 1. The van der Waals surface area contributed by atoms with E-state index in [2.05, 4.69) is 15.4 Å². The fourth-order valence-corrected chi connectivity index (χ4v) is 3.36. The molecule has 0 spiro atoms. The Morgan fingerprint density at radius 1 is 1.07 bits per heavy atom. The van der Waals surface area contributed by atoms with E-state index in [-0.39, 0.29) is 16.4 Å². The van der Waals surface area contributed by atoms with E-state index >= 15 is 0 Å². The van der Waals surface area contributed by atoms with Crippen LogP contribution in [0.2, 0.25) is 0 Å². The quantitative estimate of drug-likeness (QED) is 0.492. The number of halogens is 3. The summed E-state index contributed by atoms with van der Waals surface area (Å²) >= 11 is 0. The maximum atomic E-state index is 13.0. The molecule has 0 saturated heterocycles. The highest BCUT2D eigenvalue weighted by molar-refractivity contribution is 6.60. The van der Waals surface area contributed by atoms with Gasteiger partial charge in [0.05, 0.1) is 16.6 Å². The van der Waals surface area contributed by atoms with Gasteiger partial charge in [-0.3, -0.25) is 14.3 Å². The van der Waals surface area contributed by atoms with Gasteiger partial charge in [0.15, 0.2) is 0 Å². The summed E-state index contributed by atoms with van der Waals surface area (Å²) in [7, 11) is 7.66. The fraction of sp³-hybridized carbons (Fsp3) is 0.167. The molecule has 150 valence electrons. The molecule has 0 bridgehead atoms. The van der Waals surface area contributed by atoms with Gasteiger partial charge in [-0.1, -0.05) is 0 Å². The lowest BCUT2D eigenvalue weighted by molar-refractivity contribution is -0.141. The van der Waals surface area contributed by atoms with Crippen LogP contribution >= 0.6 is 0 Å². The second-order valence-corrected chi connectivity index (χ2v) is 8.20. The van der Waals surface area contributed by atoms with Gasteiger partial charge in [0.1, 0.15) is 34.9 Å². The van der Waals surface area contributed by atoms with Gasteiger partial charge in [-0.25, -0.2) is 4.52 Å². The third-order valence-corrected chi connectivity index (χ3v) is 4.66. The Balaban J connectivity index is 1.92. The summed E-state index contributed by atoms with van der Waals surface area (Å²) in [5.74, 6) is 0. The number of nitrogens with zero attached hydrogens (tertiary/aromatic N) is 4. The molecule has 0 unspecified atom stereocenters. The number of alkyl halides is 3. The molecule has 0 aliphatic heterocycles. The van der Waals surface area contributed by atoms with Crippen LogP contribution in [0.5, 0.6) is 0 Å². The molecule has 0 aliphatic carbocycles. The first-order valence-electron chi connectivity index (χ1n) is 9.28. The van der Waals surface area contributed by atoms with E-state index in [9.17, 15) is 18.0 Å². The van der Waals surface area contributed by atoms with E-state index in [1.165, 1.54) is 10.6 Å². The van der Waals surface area contributed by atoms with Crippen LogP contribution in [0.4, 0.5) is 18.9 Å². The Labute approximate surface area is 172 Å². The largest absolute Gasteiger partial charge is 0.433 e. The zero-order valence-electron chi connectivity index (χ0n) is 16.9. The maximum Gasteiger partial charge on any atom is 0.433 e. The molecule has 1 aromatic carbocycles. The van der Waals surface area contributed by atoms with Gasteiger partial charge < -0.3 is 5.32 Å². The normalized spacial score (nSPS) is 12.5. The second-order valence-electron chi connectivity index (χ2n) is 8.20. The predicted octanol–water partition coefficient (Wildman–Crippen LogP) is 0.189. The summed E-state index contributed by atoms with van der Waals surface area (Å²) in [6.07, 6.45) is -3.45. The Morgan fingerprint density at radius 3 is 2.47 bits per heavy atom. The third kappa shape index (κ3) is 3.57. The highest BCUT2D eigenvalue weighted by Gasteiger charge is 2.32. The number of aromatic nitrogens is 4. The molecular formula is C18H17B3F3N5O. The smallest absolute Gasteiger partial charge is 0.403 e. The highest BCUT2D eigenvalue weighted by atomic mass is 19.4. The van der Waals surface area contributed by atoms with Crippen molar-refractivity contribution in [3.8, 4) is 11.3 Å². The van der Waals surface area contributed by atoms with Crippen LogP contribution in [-0.4, -0.2) is 47.9 Å². The van der Waals surface area contributed by atoms with Gasteiger partial charge in [0, 0.05) is 30.6 Å². The number of aryl methyl sites for hydroxylation is 1. The van der Waals surface area contributed by atoms with Crippen molar-refractivity contribution in [2.75, 3.05) is 5.32 Å². The summed E-state index contributed by atoms with van der Waals surface area (Å²) in [6.45, 7) is 0. The van der Waals surface area contributed by atoms with Crippen LogP contribution in [0, 0.1) is 0 Å². The van der Waals surface area contributed by atoms with Crippen molar-refractivity contribution in [2.24, 2.45) is 7.05 Å². The molecule has 4 aromatic rings. The van der Waals surface area contributed by atoms with Gasteiger partial charge in [-0.2, -0.15) is 18.3 Å². The molecule has 0 radical (unpaired) electrons. The first-order valence-corrected chi connectivity index (χ1v) is 9.28. The Hall–Kier alpha value is -3.17. The highest BCUT2D eigenvalue weighted by Crippen LogP contribution is 2.30. The standard InChI is InChI=1S/C18H17B3F3N5O/c1-28-15-8-12(9-4-5-25-14(6-9)17(22,23)24)27-29(15)13-3-2-10(26-18(19,20)21)7-11(13)16(28)30/h2-8,26H,19-21H2,1H3. The number of rotatable bonds is 3. The minimum Gasteiger partial charge on any atom is -0.403 e. The molecule has 0 amide bonds. The molecule has 30 heavy (non-hydrogen) atoms. The van der Waals surface area contributed by atoms with Gasteiger partial charge in [-0.15, -0.1) is 0 Å². The van der Waals surface area contributed by atoms with Crippen LogP contribution in [0.15, 0.2) is 47.4 Å². The van der Waals surface area contributed by atoms with Crippen LogP contribution in [0.25, 0.3) is 27.8 Å². The summed E-state index contributed by atoms with van der Waals surface area (Å²) in [5.41, 5.74) is 1.23. The van der Waals surface area contributed by atoms with E-state index in [0.29, 0.717) is 22.2 Å². The van der Waals surface area contributed by atoms with Crippen molar-refractivity contribution >= 4 is 45.8 Å². The van der Waals surface area contributed by atoms with Crippen LogP contribution in [0.3, 0.4) is 0 Å². The number of pyridine rings is 1. The first kappa shape index (κ1) is 20.1. The number of hydrogen-bond acceptors (Lipinski definition) is 4. The maximum absolute atomic E-state index is 13.0. The average molecular weight is 409 g/mol. The molecule has 6 nitrogen and oxygen atoms in total. The summed E-state index contributed by atoms with van der Waals surface area (Å²) in [6, 6.07) is 9.40. The zero-order chi connectivity index (χ0) is 21.8. The molecule has 0 fully saturated rings. The van der Waals surface area contributed by atoms with E-state index in [1.807, 2.05) is 29.6 Å². The van der Waals surface area contributed by atoms with Crippen molar-refractivity contribution in [1.82, 2.24) is 19.2 Å². The minimum atomic E-state index is -4.55. The van der Waals surface area contributed by atoms with E-state index in [1.54, 1.807) is 29.8 Å².